The molecule has 1 aliphatic heterocycles. The van der Waals surface area contributed by atoms with Gasteiger partial charge in [0.1, 0.15) is 23.7 Å². The first-order valence-electron chi connectivity index (χ1n) is 16.6. The number of benzene rings is 3. The van der Waals surface area contributed by atoms with Gasteiger partial charge in [0.25, 0.3) is 5.91 Å². The molecular formula is C38H49NO7SSi. The van der Waals surface area contributed by atoms with Gasteiger partial charge in [-0.3, -0.25) is 9.59 Å². The lowest BCUT2D eigenvalue weighted by molar-refractivity contribution is -0.172. The number of nitrogens with one attached hydrogen (secondary N) is 1. The summed E-state index contributed by atoms with van der Waals surface area (Å²) < 4.78 is 26.5. The molecule has 0 radical (unpaired) electrons. The molecule has 3 aromatic carbocycles. The van der Waals surface area contributed by atoms with Crippen LogP contribution in [0.25, 0.3) is 0 Å². The van der Waals surface area contributed by atoms with Crippen LogP contribution < -0.4 is 5.32 Å². The van der Waals surface area contributed by atoms with E-state index in [0.717, 1.165) is 23.3 Å². The highest BCUT2D eigenvalue weighted by Crippen LogP contribution is 2.42. The van der Waals surface area contributed by atoms with Gasteiger partial charge in [-0.25, -0.2) is 4.79 Å². The molecular weight excluding hydrogens is 643 g/mol. The third-order valence-corrected chi connectivity index (χ3v) is 14.6. The number of amides is 1. The second kappa shape index (κ2) is 16.9. The van der Waals surface area contributed by atoms with Crippen molar-refractivity contribution in [1.29, 1.82) is 0 Å². The molecule has 0 spiro atoms. The minimum atomic E-state index is -2.50. The molecule has 0 bridgehead atoms. The summed E-state index contributed by atoms with van der Waals surface area (Å²) in [6.45, 7) is 15.6. The topological polar surface area (TPSA) is 100 Å². The van der Waals surface area contributed by atoms with Crippen LogP contribution in [-0.4, -0.2) is 69.5 Å². The molecule has 1 saturated heterocycles. The summed E-state index contributed by atoms with van der Waals surface area (Å²) in [7, 11) is -2.50. The van der Waals surface area contributed by atoms with Gasteiger partial charge in [-0.1, -0.05) is 100.0 Å². The summed E-state index contributed by atoms with van der Waals surface area (Å²) in [5.41, 5.74) is 1.26. The number of rotatable bonds is 14. The van der Waals surface area contributed by atoms with E-state index in [0.29, 0.717) is 18.5 Å². The largest absolute Gasteiger partial charge is 0.454 e. The van der Waals surface area contributed by atoms with Crippen molar-refractivity contribution in [3.63, 3.8) is 0 Å². The van der Waals surface area contributed by atoms with Gasteiger partial charge in [0.15, 0.2) is 20.7 Å². The van der Waals surface area contributed by atoms with E-state index in [1.165, 1.54) is 11.8 Å². The molecule has 4 rings (SSSR count). The molecule has 1 amide bonds. The number of ether oxygens (including phenoxy) is 3. The number of aryl methyl sites for hydroxylation is 1. The average Bonchev–Trinajstić information content (AvgIpc) is 3.06. The average molecular weight is 692 g/mol. The fourth-order valence-corrected chi connectivity index (χ4v) is 7.54. The molecule has 1 heterocycles. The van der Waals surface area contributed by atoms with Gasteiger partial charge in [-0.05, 0) is 61.8 Å². The van der Waals surface area contributed by atoms with Gasteiger partial charge >= 0.3 is 5.97 Å². The summed E-state index contributed by atoms with van der Waals surface area (Å²) in [4.78, 5) is 40.6. The smallest absolute Gasteiger partial charge is 0.338 e. The Morgan fingerprint density at radius 2 is 1.62 bits per heavy atom. The Hall–Kier alpha value is -3.28. The second-order valence-corrected chi connectivity index (χ2v) is 19.6. The number of carbonyl (C=O) groups is 3. The van der Waals surface area contributed by atoms with Gasteiger partial charge in [-0.2, -0.15) is 0 Å². The molecule has 0 aliphatic carbocycles. The van der Waals surface area contributed by atoms with E-state index >= 15 is 0 Å². The second-order valence-electron chi connectivity index (χ2n) is 13.7. The zero-order valence-corrected chi connectivity index (χ0v) is 30.9. The number of carbonyl (C=O) groups excluding carboxylic acids is 3. The molecule has 0 aromatic heterocycles. The first-order chi connectivity index (χ1) is 22.8. The van der Waals surface area contributed by atoms with E-state index in [9.17, 15) is 14.4 Å². The maximum absolute atomic E-state index is 14.0. The van der Waals surface area contributed by atoms with Gasteiger partial charge in [0.05, 0.1) is 12.2 Å². The number of esters is 1. The third kappa shape index (κ3) is 9.66. The molecule has 5 atom stereocenters. The molecule has 48 heavy (non-hydrogen) atoms. The Morgan fingerprint density at radius 1 is 0.958 bits per heavy atom. The predicted octanol–water partition coefficient (Wildman–Crippen LogP) is 7.86. The maximum atomic E-state index is 14.0. The van der Waals surface area contributed by atoms with Gasteiger partial charge < -0.3 is 24.0 Å². The van der Waals surface area contributed by atoms with Crippen molar-refractivity contribution in [2.45, 2.75) is 100 Å². The first kappa shape index (κ1) is 37.5. The Labute approximate surface area is 290 Å². The lowest BCUT2D eigenvalue weighted by Crippen LogP contribution is -2.67. The van der Waals surface area contributed by atoms with E-state index in [1.54, 1.807) is 48.5 Å². The summed E-state index contributed by atoms with van der Waals surface area (Å²) in [6.07, 6.45) is 0.198. The minimum Gasteiger partial charge on any atom is -0.454 e. The molecule has 0 saturated carbocycles. The van der Waals surface area contributed by atoms with E-state index in [4.69, 9.17) is 18.6 Å². The van der Waals surface area contributed by atoms with E-state index in [2.05, 4.69) is 46.1 Å². The molecule has 5 unspecified atom stereocenters. The van der Waals surface area contributed by atoms with Crippen LogP contribution in [0, 0.1) is 6.92 Å². The summed E-state index contributed by atoms with van der Waals surface area (Å²) in [6, 6.07) is 22.6. The van der Waals surface area contributed by atoms with Crippen molar-refractivity contribution in [2.75, 3.05) is 13.2 Å². The highest BCUT2D eigenvalue weighted by atomic mass is 32.2. The Balaban J connectivity index is 1.83. The standard InChI is InChI=1S/C38H49NO7SSi/c1-8-9-23-43-25-31-33(46-48(6,7)38(3,4)5)34(45-36(42)27-15-11-10-12-16-27)32(37(44-31)47-29-21-19-26(2)20-22-29)39-35(41)30-18-14-13-17-28(30)24-40/h10-22,24,31-34,37H,8-9,23,25H2,1-7H3,(H,39,41). The van der Waals surface area contributed by atoms with Crippen LogP contribution in [0.4, 0.5) is 0 Å². The van der Waals surface area contributed by atoms with Crippen molar-refractivity contribution in [3.8, 4) is 0 Å². The van der Waals surface area contributed by atoms with Crippen molar-refractivity contribution in [2.24, 2.45) is 0 Å². The minimum absolute atomic E-state index is 0.177. The fraction of sp³-hybridized carbons (Fsp3) is 0.447. The van der Waals surface area contributed by atoms with Crippen molar-refractivity contribution >= 4 is 38.2 Å². The van der Waals surface area contributed by atoms with Gasteiger partial charge in [-0.15, -0.1) is 0 Å². The van der Waals surface area contributed by atoms with Crippen LogP contribution in [0.5, 0.6) is 0 Å². The number of aldehydes is 1. The Bertz CT molecular complexity index is 1510. The van der Waals surface area contributed by atoms with Crippen molar-refractivity contribution in [1.82, 2.24) is 5.32 Å². The Morgan fingerprint density at radius 3 is 2.27 bits per heavy atom. The van der Waals surface area contributed by atoms with Crippen molar-refractivity contribution < 1.29 is 33.0 Å². The lowest BCUT2D eigenvalue weighted by Gasteiger charge is -2.49. The number of unbranched alkanes of at least 4 members (excludes halogenated alkanes) is 1. The molecule has 1 aliphatic rings. The predicted molar refractivity (Wildman–Crippen MR) is 192 cm³/mol. The number of thioether (sulfide) groups is 1. The van der Waals surface area contributed by atoms with Crippen molar-refractivity contribution in [3.05, 3.63) is 101 Å². The summed E-state index contributed by atoms with van der Waals surface area (Å²) in [5, 5.41) is 2.95. The molecule has 10 heteroatoms. The number of hydrogen-bond donors (Lipinski definition) is 1. The van der Waals surface area contributed by atoms with Gasteiger partial charge in [0.2, 0.25) is 0 Å². The van der Waals surface area contributed by atoms with Crippen LogP contribution in [-0.2, 0) is 18.6 Å². The highest BCUT2D eigenvalue weighted by Gasteiger charge is 2.53. The van der Waals surface area contributed by atoms with E-state index in [-0.39, 0.29) is 22.8 Å². The monoisotopic (exact) mass is 691 g/mol. The van der Waals surface area contributed by atoms with Crippen LogP contribution in [0.2, 0.25) is 18.1 Å². The van der Waals surface area contributed by atoms with Crippen LogP contribution in [0.1, 0.15) is 77.2 Å². The molecule has 1 fully saturated rings. The lowest BCUT2D eigenvalue weighted by atomic mass is 9.96. The normalized spacial score (nSPS) is 21.4. The summed E-state index contributed by atoms with van der Waals surface area (Å²) in [5.74, 6) is -1.02. The van der Waals surface area contributed by atoms with E-state index < -0.39 is 50.0 Å². The maximum Gasteiger partial charge on any atom is 0.338 e. The van der Waals surface area contributed by atoms with Crippen LogP contribution >= 0.6 is 11.8 Å². The number of hydrogen-bond acceptors (Lipinski definition) is 8. The Kier molecular flexibility index (Phi) is 13.2. The van der Waals surface area contributed by atoms with Gasteiger partial charge in [0, 0.05) is 22.6 Å². The summed E-state index contributed by atoms with van der Waals surface area (Å²) >= 11 is 1.43. The molecule has 1 N–H and O–H groups in total. The quantitative estimate of drug-likeness (QED) is 0.0790. The molecule has 3 aromatic rings. The van der Waals surface area contributed by atoms with E-state index in [1.807, 2.05) is 37.3 Å². The molecule has 258 valence electrons. The first-order valence-corrected chi connectivity index (χ1v) is 20.4. The van der Waals surface area contributed by atoms with Crippen LogP contribution in [0.15, 0.2) is 83.8 Å². The molecule has 8 nitrogen and oxygen atoms in total. The third-order valence-electron chi connectivity index (χ3n) is 8.96. The highest BCUT2D eigenvalue weighted by molar-refractivity contribution is 7.99. The van der Waals surface area contributed by atoms with Crippen LogP contribution in [0.3, 0.4) is 0 Å². The fourth-order valence-electron chi connectivity index (χ4n) is 5.09. The zero-order valence-electron chi connectivity index (χ0n) is 29.1. The zero-order chi connectivity index (χ0) is 34.9. The SMILES string of the molecule is CCCCOCC1OC(Sc2ccc(C)cc2)C(NC(=O)c2ccccc2C=O)C(OC(=O)c2ccccc2)C1O[Si](C)(C)C(C)(C)C.